The topological polar surface area (TPSA) is 126 Å². The minimum Gasteiger partial charge on any atom is -0.382 e. The highest BCUT2D eigenvalue weighted by Gasteiger charge is 2.17. The molecule has 0 saturated heterocycles. The normalized spacial score (nSPS) is 11.9. The van der Waals surface area contributed by atoms with Crippen LogP contribution in [0.4, 0.5) is 11.5 Å². The average Bonchev–Trinajstić information content (AvgIpc) is 3.39. The lowest BCUT2D eigenvalue weighted by Crippen LogP contribution is -2.27. The Bertz CT molecular complexity index is 1180. The Labute approximate surface area is 170 Å². The number of aromatic nitrogens is 3. The fraction of sp³-hybridized carbons (Fsp3) is 0.100. The van der Waals surface area contributed by atoms with Crippen LogP contribution in [0.15, 0.2) is 54.3 Å². The minimum atomic E-state index is -0.331. The van der Waals surface area contributed by atoms with E-state index >= 15 is 0 Å². The van der Waals surface area contributed by atoms with E-state index in [0.29, 0.717) is 11.1 Å². The molecule has 3 heterocycles. The minimum absolute atomic E-state index is 0.136. The summed E-state index contributed by atoms with van der Waals surface area (Å²) in [6.07, 6.45) is 4.73. The molecule has 0 aliphatic carbocycles. The van der Waals surface area contributed by atoms with Crippen LogP contribution in [0.1, 0.15) is 39.2 Å². The van der Waals surface area contributed by atoms with Crippen molar-refractivity contribution < 1.29 is 9.59 Å². The van der Waals surface area contributed by atoms with Gasteiger partial charge in [0.25, 0.3) is 11.8 Å². The van der Waals surface area contributed by atoms with Crippen molar-refractivity contribution in [2.24, 2.45) is 0 Å². The molecular weight excluding hydrogens is 388 g/mol. The van der Waals surface area contributed by atoms with Crippen molar-refractivity contribution in [2.75, 3.05) is 11.1 Å². The van der Waals surface area contributed by atoms with Gasteiger partial charge in [-0.05, 0) is 19.1 Å². The molecule has 9 heteroatoms. The molecule has 1 aromatic carbocycles. The van der Waals surface area contributed by atoms with E-state index in [1.54, 1.807) is 17.8 Å². The molecule has 4 aromatic rings. The van der Waals surface area contributed by atoms with Gasteiger partial charge in [0.05, 0.1) is 29.1 Å². The lowest BCUT2D eigenvalue weighted by atomic mass is 10.1. The smallest absolute Gasteiger partial charge is 0.257 e. The van der Waals surface area contributed by atoms with E-state index in [2.05, 4.69) is 25.8 Å². The predicted molar refractivity (Wildman–Crippen MR) is 113 cm³/mol. The molecule has 0 spiro atoms. The van der Waals surface area contributed by atoms with Gasteiger partial charge in [-0.3, -0.25) is 14.7 Å². The Morgan fingerprint density at radius 1 is 1.21 bits per heavy atom. The van der Waals surface area contributed by atoms with Crippen molar-refractivity contribution in [1.29, 1.82) is 0 Å². The predicted octanol–water partition coefficient (Wildman–Crippen LogP) is 3.34. The summed E-state index contributed by atoms with van der Waals surface area (Å²) in [6.45, 7) is 1.85. The van der Waals surface area contributed by atoms with Gasteiger partial charge in [-0.25, -0.2) is 4.98 Å². The second kappa shape index (κ2) is 7.72. The van der Waals surface area contributed by atoms with Crippen molar-refractivity contribution >= 4 is 44.7 Å². The molecular formula is C20H18N6O2S. The molecule has 0 radical (unpaired) electrons. The van der Waals surface area contributed by atoms with Crippen LogP contribution in [-0.4, -0.2) is 27.0 Å². The number of carbonyl (C=O) groups is 2. The van der Waals surface area contributed by atoms with Crippen molar-refractivity contribution in [1.82, 2.24) is 20.5 Å². The van der Waals surface area contributed by atoms with Gasteiger partial charge in [-0.1, -0.05) is 18.2 Å². The molecule has 0 aliphatic rings. The van der Waals surface area contributed by atoms with Crippen LogP contribution in [0.3, 0.4) is 0 Å². The first kappa shape index (κ1) is 18.6. The summed E-state index contributed by atoms with van der Waals surface area (Å²) in [5.74, 6) is -0.500. The molecule has 0 saturated carbocycles. The van der Waals surface area contributed by atoms with Crippen molar-refractivity contribution in [3.8, 4) is 0 Å². The Kier molecular flexibility index (Phi) is 4.96. The van der Waals surface area contributed by atoms with Crippen LogP contribution in [0, 0.1) is 0 Å². The first-order chi connectivity index (χ1) is 14.0. The molecule has 29 heavy (non-hydrogen) atoms. The molecule has 8 nitrogen and oxygen atoms in total. The van der Waals surface area contributed by atoms with E-state index in [0.717, 1.165) is 15.6 Å². The summed E-state index contributed by atoms with van der Waals surface area (Å²) in [4.78, 5) is 29.4. The number of thiophene rings is 1. The van der Waals surface area contributed by atoms with Crippen LogP contribution < -0.4 is 16.4 Å². The molecule has 0 bridgehead atoms. The molecule has 0 aliphatic heterocycles. The third kappa shape index (κ3) is 3.81. The number of benzene rings is 1. The van der Waals surface area contributed by atoms with E-state index in [9.17, 15) is 9.59 Å². The number of nitrogens with two attached hydrogens (primary N) is 1. The first-order valence-corrected chi connectivity index (χ1v) is 9.73. The average molecular weight is 406 g/mol. The Hall–Kier alpha value is -3.72. The number of pyridine rings is 1. The van der Waals surface area contributed by atoms with E-state index in [-0.39, 0.29) is 29.4 Å². The van der Waals surface area contributed by atoms with Gasteiger partial charge in [0.1, 0.15) is 5.82 Å². The second-order valence-corrected chi connectivity index (χ2v) is 7.39. The molecule has 5 N–H and O–H groups in total. The number of rotatable bonds is 5. The van der Waals surface area contributed by atoms with Gasteiger partial charge in [0.2, 0.25) is 0 Å². The van der Waals surface area contributed by atoms with Crippen molar-refractivity contribution in [2.45, 2.75) is 13.0 Å². The standard InChI is InChI=1S/C20H18N6O2S/c1-11(13-8-23-24-9-13)25-19(27)12-6-16(18(21)22-7-12)26-20(28)15-10-29-17-5-3-2-4-14(15)17/h2-11H,1H3,(H2,21,22)(H,23,24)(H,25,27)(H,26,28). The zero-order chi connectivity index (χ0) is 20.4. The number of anilines is 2. The molecule has 2 amide bonds. The number of nitrogen functional groups attached to an aromatic ring is 1. The van der Waals surface area contributed by atoms with Crippen molar-refractivity contribution in [3.05, 3.63) is 71.0 Å². The van der Waals surface area contributed by atoms with Gasteiger partial charge in [-0.15, -0.1) is 11.3 Å². The van der Waals surface area contributed by atoms with Gasteiger partial charge in [0.15, 0.2) is 0 Å². The number of nitrogens with one attached hydrogen (secondary N) is 3. The van der Waals surface area contributed by atoms with Gasteiger partial charge < -0.3 is 16.4 Å². The van der Waals surface area contributed by atoms with Crippen LogP contribution in [0.5, 0.6) is 0 Å². The van der Waals surface area contributed by atoms with E-state index in [4.69, 9.17) is 5.73 Å². The number of aromatic amines is 1. The summed E-state index contributed by atoms with van der Waals surface area (Å²) in [5, 5.41) is 14.9. The number of hydrogen-bond donors (Lipinski definition) is 4. The van der Waals surface area contributed by atoms with E-state index in [1.807, 2.05) is 31.2 Å². The molecule has 1 atom stereocenters. The molecule has 1 unspecified atom stereocenters. The number of amides is 2. The summed E-state index contributed by atoms with van der Waals surface area (Å²) in [5.41, 5.74) is 7.89. The molecule has 146 valence electrons. The maximum atomic E-state index is 12.8. The first-order valence-electron chi connectivity index (χ1n) is 8.85. The SMILES string of the molecule is CC(NC(=O)c1cnc(N)c(NC(=O)c2csc3ccccc23)c1)c1cn[nH]c1. The fourth-order valence-electron chi connectivity index (χ4n) is 2.90. The van der Waals surface area contributed by atoms with Crippen LogP contribution in [-0.2, 0) is 0 Å². The Morgan fingerprint density at radius 2 is 2.03 bits per heavy atom. The summed E-state index contributed by atoms with van der Waals surface area (Å²) < 4.78 is 1.02. The lowest BCUT2D eigenvalue weighted by Gasteiger charge is -2.13. The number of hydrogen-bond acceptors (Lipinski definition) is 6. The van der Waals surface area contributed by atoms with Crippen LogP contribution in [0.25, 0.3) is 10.1 Å². The zero-order valence-electron chi connectivity index (χ0n) is 15.5. The third-order valence-corrected chi connectivity index (χ3v) is 5.48. The summed E-state index contributed by atoms with van der Waals surface area (Å²) >= 11 is 1.49. The van der Waals surface area contributed by atoms with E-state index in [1.165, 1.54) is 23.6 Å². The summed E-state index contributed by atoms with van der Waals surface area (Å²) in [6, 6.07) is 8.94. The van der Waals surface area contributed by atoms with Gasteiger partial charge in [-0.2, -0.15) is 5.10 Å². The quantitative estimate of drug-likeness (QED) is 0.404. The number of fused-ring (bicyclic) bond motifs is 1. The third-order valence-electron chi connectivity index (χ3n) is 4.52. The molecule has 3 aromatic heterocycles. The lowest BCUT2D eigenvalue weighted by molar-refractivity contribution is 0.0938. The highest BCUT2D eigenvalue weighted by atomic mass is 32.1. The van der Waals surface area contributed by atoms with Gasteiger partial charge in [0, 0.05) is 33.4 Å². The van der Waals surface area contributed by atoms with Crippen LogP contribution >= 0.6 is 11.3 Å². The molecule has 0 fully saturated rings. The summed E-state index contributed by atoms with van der Waals surface area (Å²) in [7, 11) is 0. The monoisotopic (exact) mass is 406 g/mol. The van der Waals surface area contributed by atoms with Crippen molar-refractivity contribution in [3.63, 3.8) is 0 Å². The van der Waals surface area contributed by atoms with Gasteiger partial charge >= 0.3 is 0 Å². The maximum Gasteiger partial charge on any atom is 0.257 e. The molecule has 4 rings (SSSR count). The fourth-order valence-corrected chi connectivity index (χ4v) is 3.84. The van der Waals surface area contributed by atoms with Crippen LogP contribution in [0.2, 0.25) is 0 Å². The van der Waals surface area contributed by atoms with E-state index < -0.39 is 0 Å². The Morgan fingerprint density at radius 3 is 2.83 bits per heavy atom. The Balaban J connectivity index is 1.54. The zero-order valence-corrected chi connectivity index (χ0v) is 16.3. The maximum absolute atomic E-state index is 12.8. The second-order valence-electron chi connectivity index (χ2n) is 6.48. The number of H-pyrrole nitrogens is 1. The number of carbonyl (C=O) groups excluding carboxylic acids is 2. The highest BCUT2D eigenvalue weighted by Crippen LogP contribution is 2.27. The number of nitrogens with zero attached hydrogens (tertiary/aromatic N) is 2. The largest absolute Gasteiger partial charge is 0.382 e. The highest BCUT2D eigenvalue weighted by molar-refractivity contribution is 7.17.